The van der Waals surface area contributed by atoms with Crippen LogP contribution in [0.2, 0.25) is 0 Å². The molecular weight excluding hydrogens is 309 g/mol. The van der Waals surface area contributed by atoms with Gasteiger partial charge in [0.2, 0.25) is 0 Å². The maximum Gasteiger partial charge on any atom is 0.165 e. The van der Waals surface area contributed by atoms with Crippen LogP contribution < -0.4 is 4.74 Å². The average Bonchev–Trinajstić information content (AvgIpc) is 2.36. The van der Waals surface area contributed by atoms with Gasteiger partial charge in [-0.05, 0) is 40.2 Å². The fraction of sp³-hybridized carbons (Fsp3) is 0.0769. The van der Waals surface area contributed by atoms with Gasteiger partial charge >= 0.3 is 0 Å². The van der Waals surface area contributed by atoms with Crippen LogP contribution in [-0.4, -0.2) is 0 Å². The second kappa shape index (κ2) is 5.44. The summed E-state index contributed by atoms with van der Waals surface area (Å²) in [6.07, 6.45) is 0. The van der Waals surface area contributed by atoms with E-state index in [1.165, 1.54) is 24.3 Å². The molecule has 0 aliphatic heterocycles. The zero-order chi connectivity index (χ0) is 13.1. The van der Waals surface area contributed by atoms with E-state index in [9.17, 15) is 13.2 Å². The quantitative estimate of drug-likeness (QED) is 0.760. The maximum absolute atomic E-state index is 13.6. The van der Waals surface area contributed by atoms with Crippen molar-refractivity contribution in [1.29, 1.82) is 0 Å². The molecule has 0 radical (unpaired) electrons. The third kappa shape index (κ3) is 2.67. The summed E-state index contributed by atoms with van der Waals surface area (Å²) in [5.41, 5.74) is -0.243. The number of benzene rings is 2. The monoisotopic (exact) mass is 316 g/mol. The van der Waals surface area contributed by atoms with Crippen molar-refractivity contribution < 1.29 is 17.9 Å². The third-order valence-corrected chi connectivity index (χ3v) is 2.96. The standard InChI is InChI=1S/C13H8BrF3O/c14-9-5-6-10(15)8(13(9)17)7-18-12-4-2-1-3-11(12)16/h1-6H,7H2. The van der Waals surface area contributed by atoms with Crippen LogP contribution in [0, 0.1) is 17.5 Å². The summed E-state index contributed by atoms with van der Waals surface area (Å²) in [4.78, 5) is 0. The van der Waals surface area contributed by atoms with Gasteiger partial charge in [-0.3, -0.25) is 0 Å². The van der Waals surface area contributed by atoms with Crippen LogP contribution in [0.5, 0.6) is 5.75 Å². The second-order valence-electron chi connectivity index (χ2n) is 3.54. The molecule has 0 aliphatic rings. The van der Waals surface area contributed by atoms with E-state index >= 15 is 0 Å². The highest BCUT2D eigenvalue weighted by Gasteiger charge is 2.13. The van der Waals surface area contributed by atoms with Crippen LogP contribution in [-0.2, 0) is 6.61 Å². The lowest BCUT2D eigenvalue weighted by Gasteiger charge is -2.09. The van der Waals surface area contributed by atoms with Crippen LogP contribution in [0.4, 0.5) is 13.2 Å². The molecule has 2 rings (SSSR count). The van der Waals surface area contributed by atoms with Gasteiger partial charge in [0.1, 0.15) is 18.2 Å². The van der Waals surface area contributed by atoms with Gasteiger partial charge in [-0.15, -0.1) is 0 Å². The van der Waals surface area contributed by atoms with Crippen molar-refractivity contribution >= 4 is 15.9 Å². The van der Waals surface area contributed by atoms with E-state index in [-0.39, 0.29) is 22.4 Å². The molecule has 94 valence electrons. The number of hydrogen-bond acceptors (Lipinski definition) is 1. The summed E-state index contributed by atoms with van der Waals surface area (Å²) in [5.74, 6) is -2.09. The highest BCUT2D eigenvalue weighted by atomic mass is 79.9. The van der Waals surface area contributed by atoms with Gasteiger partial charge in [-0.2, -0.15) is 0 Å². The molecule has 2 aromatic carbocycles. The lowest BCUT2D eigenvalue weighted by Crippen LogP contribution is -2.03. The van der Waals surface area contributed by atoms with Gasteiger partial charge in [0, 0.05) is 0 Å². The lowest BCUT2D eigenvalue weighted by atomic mass is 10.2. The molecule has 0 bridgehead atoms. The van der Waals surface area contributed by atoms with E-state index in [0.717, 1.165) is 6.07 Å². The van der Waals surface area contributed by atoms with Crippen molar-refractivity contribution in [3.63, 3.8) is 0 Å². The molecule has 0 heterocycles. The molecule has 0 aromatic heterocycles. The summed E-state index contributed by atoms with van der Waals surface area (Å²) >= 11 is 2.95. The van der Waals surface area contributed by atoms with E-state index in [2.05, 4.69) is 15.9 Å². The smallest absolute Gasteiger partial charge is 0.165 e. The van der Waals surface area contributed by atoms with E-state index in [1.54, 1.807) is 6.07 Å². The third-order valence-electron chi connectivity index (χ3n) is 2.35. The molecule has 0 saturated heterocycles. The van der Waals surface area contributed by atoms with Crippen molar-refractivity contribution in [3.8, 4) is 5.75 Å². The molecule has 2 aromatic rings. The fourth-order valence-electron chi connectivity index (χ4n) is 1.41. The lowest BCUT2D eigenvalue weighted by molar-refractivity contribution is 0.278. The Bertz CT molecular complexity index is 572. The molecule has 18 heavy (non-hydrogen) atoms. The SMILES string of the molecule is Fc1ccccc1OCc1c(F)ccc(Br)c1F. The Labute approximate surface area is 110 Å². The van der Waals surface area contributed by atoms with Crippen molar-refractivity contribution in [2.75, 3.05) is 0 Å². The van der Waals surface area contributed by atoms with Crippen LogP contribution >= 0.6 is 15.9 Å². The summed E-state index contributed by atoms with van der Waals surface area (Å²) in [7, 11) is 0. The zero-order valence-corrected chi connectivity index (χ0v) is 10.7. The molecule has 0 atom stereocenters. The Kier molecular flexibility index (Phi) is 3.91. The predicted molar refractivity (Wildman–Crippen MR) is 64.8 cm³/mol. The molecule has 0 amide bonds. The summed E-state index contributed by atoms with van der Waals surface area (Å²) in [6.45, 7) is -0.377. The number of rotatable bonds is 3. The van der Waals surface area contributed by atoms with Gasteiger partial charge in [0.15, 0.2) is 11.6 Å². The summed E-state index contributed by atoms with van der Waals surface area (Å²) in [6, 6.07) is 8.06. The first-order valence-corrected chi connectivity index (χ1v) is 5.88. The average molecular weight is 317 g/mol. The summed E-state index contributed by atoms with van der Waals surface area (Å²) < 4.78 is 45.5. The Morgan fingerprint density at radius 2 is 1.67 bits per heavy atom. The fourth-order valence-corrected chi connectivity index (χ4v) is 1.78. The normalized spacial score (nSPS) is 10.4. The molecule has 1 nitrogen and oxygen atoms in total. The molecule has 0 unspecified atom stereocenters. The molecule has 0 aliphatic carbocycles. The van der Waals surface area contributed by atoms with Gasteiger partial charge in [-0.1, -0.05) is 12.1 Å². The Morgan fingerprint density at radius 3 is 2.39 bits per heavy atom. The van der Waals surface area contributed by atoms with E-state index in [1.807, 2.05) is 0 Å². The molecule has 0 fully saturated rings. The first kappa shape index (κ1) is 13.0. The first-order valence-electron chi connectivity index (χ1n) is 5.09. The number of para-hydroxylation sites is 1. The van der Waals surface area contributed by atoms with Crippen molar-refractivity contribution in [3.05, 3.63) is 63.9 Å². The molecule has 0 N–H and O–H groups in total. The Hall–Kier alpha value is -1.49. The number of halogens is 4. The predicted octanol–water partition coefficient (Wildman–Crippen LogP) is 4.45. The highest BCUT2D eigenvalue weighted by Crippen LogP contribution is 2.24. The van der Waals surface area contributed by atoms with Crippen molar-refractivity contribution in [2.45, 2.75) is 6.61 Å². The van der Waals surface area contributed by atoms with Gasteiger partial charge in [-0.25, -0.2) is 13.2 Å². The van der Waals surface area contributed by atoms with E-state index < -0.39 is 17.5 Å². The Balaban J connectivity index is 2.21. The van der Waals surface area contributed by atoms with Crippen LogP contribution in [0.25, 0.3) is 0 Å². The van der Waals surface area contributed by atoms with Gasteiger partial charge < -0.3 is 4.74 Å². The largest absolute Gasteiger partial charge is 0.486 e. The maximum atomic E-state index is 13.6. The number of hydrogen-bond donors (Lipinski definition) is 0. The minimum Gasteiger partial charge on any atom is -0.486 e. The van der Waals surface area contributed by atoms with E-state index in [0.29, 0.717) is 0 Å². The van der Waals surface area contributed by atoms with Crippen molar-refractivity contribution in [1.82, 2.24) is 0 Å². The van der Waals surface area contributed by atoms with Crippen LogP contribution in [0.3, 0.4) is 0 Å². The molecule has 5 heteroatoms. The number of ether oxygens (including phenoxy) is 1. The topological polar surface area (TPSA) is 9.23 Å². The molecule has 0 saturated carbocycles. The minimum absolute atomic E-state index is 0.0451. The molecule has 0 spiro atoms. The van der Waals surface area contributed by atoms with Gasteiger partial charge in [0.05, 0.1) is 10.0 Å². The van der Waals surface area contributed by atoms with Crippen molar-refractivity contribution in [2.24, 2.45) is 0 Å². The minimum atomic E-state index is -0.744. The zero-order valence-electron chi connectivity index (χ0n) is 9.09. The first-order chi connectivity index (χ1) is 8.59. The summed E-state index contributed by atoms with van der Waals surface area (Å²) in [5, 5.41) is 0. The van der Waals surface area contributed by atoms with E-state index in [4.69, 9.17) is 4.74 Å². The Morgan fingerprint density at radius 1 is 0.944 bits per heavy atom. The van der Waals surface area contributed by atoms with Crippen LogP contribution in [0.1, 0.15) is 5.56 Å². The highest BCUT2D eigenvalue weighted by molar-refractivity contribution is 9.10. The molecular formula is C13H8BrF3O. The van der Waals surface area contributed by atoms with Crippen LogP contribution in [0.15, 0.2) is 40.9 Å². The second-order valence-corrected chi connectivity index (χ2v) is 4.40. The van der Waals surface area contributed by atoms with Gasteiger partial charge in [0.25, 0.3) is 0 Å².